The fourth-order valence-corrected chi connectivity index (χ4v) is 3.11. The molecule has 0 spiro atoms. The second-order valence-electron chi connectivity index (χ2n) is 6.80. The van der Waals surface area contributed by atoms with Crippen molar-refractivity contribution in [3.05, 3.63) is 89.2 Å². The van der Waals surface area contributed by atoms with Crippen molar-refractivity contribution in [1.82, 2.24) is 0 Å². The number of methoxy groups -OCH3 is 1. The first-order chi connectivity index (χ1) is 15.8. The van der Waals surface area contributed by atoms with Crippen LogP contribution in [0.5, 0.6) is 5.75 Å². The molecule has 0 aliphatic heterocycles. The molecular weight excluding hydrogens is 444 g/mol. The molecule has 0 bridgehead atoms. The summed E-state index contributed by atoms with van der Waals surface area (Å²) < 4.78 is 65.7. The molecule has 33 heavy (non-hydrogen) atoms. The molecule has 0 fully saturated rings. The van der Waals surface area contributed by atoms with Crippen molar-refractivity contribution in [3.8, 4) is 5.75 Å². The van der Waals surface area contributed by atoms with Crippen LogP contribution in [-0.2, 0) is 0 Å². The highest BCUT2D eigenvalue weighted by Gasteiger charge is 2.30. The number of hydrogen-bond acceptors (Lipinski definition) is 4. The Bertz CT molecular complexity index is 1320. The van der Waals surface area contributed by atoms with Gasteiger partial charge in [-0.1, -0.05) is 18.2 Å². The predicted octanol–water partition coefficient (Wildman–Crippen LogP) is 5.50. The molecule has 0 aliphatic rings. The fraction of sp³-hybridized carbons (Fsp3) is 0.0435. The molecule has 0 radical (unpaired) electrons. The molecule has 10 heteroatoms. The molecule has 6 nitrogen and oxygen atoms in total. The topological polar surface area (TPSA) is 80.6 Å². The summed E-state index contributed by atoms with van der Waals surface area (Å²) in [6.45, 7) is 0. The van der Waals surface area contributed by atoms with Gasteiger partial charge in [0.05, 0.1) is 7.11 Å². The largest absolute Gasteiger partial charge is 0.491 e. The summed E-state index contributed by atoms with van der Waals surface area (Å²) in [5.41, 5.74) is -0.505. The van der Waals surface area contributed by atoms with Crippen LogP contribution in [0.25, 0.3) is 11.0 Å². The van der Waals surface area contributed by atoms with Crippen LogP contribution >= 0.6 is 0 Å². The molecule has 168 valence electrons. The third-order valence-corrected chi connectivity index (χ3v) is 4.70. The molecule has 4 aromatic rings. The number of amides is 2. The fourth-order valence-electron chi connectivity index (χ4n) is 3.11. The van der Waals surface area contributed by atoms with Crippen LogP contribution < -0.4 is 15.4 Å². The van der Waals surface area contributed by atoms with Crippen molar-refractivity contribution in [2.24, 2.45) is 0 Å². The van der Waals surface area contributed by atoms with Crippen LogP contribution in [0, 0.1) is 23.3 Å². The second-order valence-corrected chi connectivity index (χ2v) is 6.80. The Labute approximate surface area is 183 Å². The number of ether oxygens (including phenoxy) is 1. The molecule has 3 aromatic carbocycles. The number of nitrogens with one attached hydrogen (secondary N) is 2. The van der Waals surface area contributed by atoms with Gasteiger partial charge >= 0.3 is 0 Å². The zero-order valence-corrected chi connectivity index (χ0v) is 16.8. The summed E-state index contributed by atoms with van der Waals surface area (Å²) in [6, 6.07) is 14.1. The van der Waals surface area contributed by atoms with Gasteiger partial charge in [0.25, 0.3) is 11.8 Å². The molecule has 0 saturated heterocycles. The molecule has 0 unspecified atom stereocenters. The van der Waals surface area contributed by atoms with Gasteiger partial charge in [0.15, 0.2) is 23.1 Å². The first-order valence-corrected chi connectivity index (χ1v) is 9.41. The van der Waals surface area contributed by atoms with Gasteiger partial charge in [-0.05, 0) is 36.4 Å². The molecule has 0 aliphatic carbocycles. The SMILES string of the molecule is COc1c(F)c(F)c(C(=O)Nc2ccc(NC(=O)c3cc4ccccc4o3)cc2)c(F)c1F. The molecule has 1 heterocycles. The van der Waals surface area contributed by atoms with Crippen LogP contribution in [0.4, 0.5) is 28.9 Å². The lowest BCUT2D eigenvalue weighted by Gasteiger charge is -2.11. The summed E-state index contributed by atoms with van der Waals surface area (Å²) >= 11 is 0. The standard InChI is InChI=1S/C23H14F4N2O4/c1-32-21-19(26)17(24)16(18(25)20(21)27)23(31)29-13-8-6-12(7-9-13)28-22(30)15-10-11-4-2-3-5-14(11)33-15/h2-10H,1H3,(H,28,30)(H,29,31). The average molecular weight is 458 g/mol. The van der Waals surface area contributed by atoms with Crippen molar-refractivity contribution in [2.75, 3.05) is 17.7 Å². The number of benzene rings is 3. The molecule has 1 aromatic heterocycles. The maximum Gasteiger partial charge on any atom is 0.291 e. The Hall–Kier alpha value is -4.34. The maximum absolute atomic E-state index is 14.1. The van der Waals surface area contributed by atoms with Crippen molar-refractivity contribution in [2.45, 2.75) is 0 Å². The van der Waals surface area contributed by atoms with Gasteiger partial charge in [-0.25, -0.2) is 8.78 Å². The summed E-state index contributed by atoms with van der Waals surface area (Å²) in [5, 5.41) is 5.49. The monoisotopic (exact) mass is 458 g/mol. The third-order valence-electron chi connectivity index (χ3n) is 4.70. The van der Waals surface area contributed by atoms with Crippen molar-refractivity contribution < 1.29 is 36.3 Å². The van der Waals surface area contributed by atoms with E-state index in [1.165, 1.54) is 24.3 Å². The maximum atomic E-state index is 14.1. The van der Waals surface area contributed by atoms with Crippen molar-refractivity contribution >= 4 is 34.2 Å². The summed E-state index contributed by atoms with van der Waals surface area (Å²) in [4.78, 5) is 24.6. The number of hydrogen-bond donors (Lipinski definition) is 2. The molecule has 2 amide bonds. The van der Waals surface area contributed by atoms with Gasteiger partial charge in [0, 0.05) is 16.8 Å². The summed E-state index contributed by atoms with van der Waals surface area (Å²) in [5.74, 6) is -10.6. The predicted molar refractivity (Wildman–Crippen MR) is 111 cm³/mol. The number of anilines is 2. The number of rotatable bonds is 5. The molecule has 0 atom stereocenters. The lowest BCUT2D eigenvalue weighted by Crippen LogP contribution is -2.19. The first kappa shape index (κ1) is 21.9. The summed E-state index contributed by atoms with van der Waals surface area (Å²) in [7, 11) is 0.828. The zero-order valence-electron chi connectivity index (χ0n) is 16.8. The lowest BCUT2D eigenvalue weighted by molar-refractivity contribution is 0.0994. The van der Waals surface area contributed by atoms with Gasteiger partial charge in [0.1, 0.15) is 11.1 Å². The Morgan fingerprint density at radius 3 is 1.88 bits per heavy atom. The first-order valence-electron chi connectivity index (χ1n) is 9.41. The normalized spacial score (nSPS) is 10.8. The van der Waals surface area contributed by atoms with Crippen LogP contribution in [0.3, 0.4) is 0 Å². The van der Waals surface area contributed by atoms with E-state index >= 15 is 0 Å². The highest BCUT2D eigenvalue weighted by atomic mass is 19.2. The Balaban J connectivity index is 1.49. The van der Waals surface area contributed by atoms with E-state index in [1.807, 2.05) is 0 Å². The van der Waals surface area contributed by atoms with E-state index in [0.29, 0.717) is 11.3 Å². The third kappa shape index (κ3) is 4.10. The Kier molecular flexibility index (Phi) is 5.74. The Morgan fingerprint density at radius 2 is 1.33 bits per heavy atom. The number of carbonyl (C=O) groups excluding carboxylic acids is 2. The van der Waals surface area contributed by atoms with E-state index in [-0.39, 0.29) is 11.4 Å². The quantitative estimate of drug-likeness (QED) is 0.306. The highest BCUT2D eigenvalue weighted by Crippen LogP contribution is 2.30. The zero-order chi connectivity index (χ0) is 23.7. The van der Waals surface area contributed by atoms with E-state index in [9.17, 15) is 27.2 Å². The van der Waals surface area contributed by atoms with Crippen molar-refractivity contribution in [3.63, 3.8) is 0 Å². The van der Waals surface area contributed by atoms with Gasteiger partial charge in [-0.15, -0.1) is 0 Å². The van der Waals surface area contributed by atoms with Crippen LogP contribution in [0.1, 0.15) is 20.9 Å². The number of fused-ring (bicyclic) bond motifs is 1. The average Bonchev–Trinajstić information content (AvgIpc) is 3.24. The van der Waals surface area contributed by atoms with E-state index < -0.39 is 46.4 Å². The van der Waals surface area contributed by atoms with E-state index in [0.717, 1.165) is 12.5 Å². The summed E-state index contributed by atoms with van der Waals surface area (Å²) in [6.07, 6.45) is 0. The van der Waals surface area contributed by atoms with Crippen LogP contribution in [0.2, 0.25) is 0 Å². The smallest absolute Gasteiger partial charge is 0.291 e. The highest BCUT2D eigenvalue weighted by molar-refractivity contribution is 6.06. The van der Waals surface area contributed by atoms with Gasteiger partial charge in [0.2, 0.25) is 11.6 Å². The van der Waals surface area contributed by atoms with E-state index in [2.05, 4.69) is 15.4 Å². The number of halogens is 4. The van der Waals surface area contributed by atoms with Crippen LogP contribution in [0.15, 0.2) is 59.0 Å². The minimum atomic E-state index is -1.89. The van der Waals surface area contributed by atoms with Gasteiger partial charge < -0.3 is 19.8 Å². The molecule has 0 saturated carbocycles. The van der Waals surface area contributed by atoms with E-state index in [1.54, 1.807) is 30.3 Å². The molecular formula is C23H14F4N2O4. The second kappa shape index (κ2) is 8.65. The van der Waals surface area contributed by atoms with Crippen LogP contribution in [-0.4, -0.2) is 18.9 Å². The number of furan rings is 1. The Morgan fingerprint density at radius 1 is 0.788 bits per heavy atom. The van der Waals surface area contributed by atoms with Crippen molar-refractivity contribution in [1.29, 1.82) is 0 Å². The number of carbonyl (C=O) groups is 2. The minimum absolute atomic E-state index is 0.0529. The minimum Gasteiger partial charge on any atom is -0.491 e. The number of para-hydroxylation sites is 1. The molecule has 4 rings (SSSR count). The lowest BCUT2D eigenvalue weighted by atomic mass is 10.1. The van der Waals surface area contributed by atoms with Gasteiger partial charge in [-0.2, -0.15) is 8.78 Å². The molecule has 2 N–H and O–H groups in total. The van der Waals surface area contributed by atoms with Gasteiger partial charge in [-0.3, -0.25) is 9.59 Å². The van der Waals surface area contributed by atoms with E-state index in [4.69, 9.17) is 4.42 Å².